The number of anilines is 1. The van der Waals surface area contributed by atoms with E-state index in [9.17, 15) is 19.5 Å². The Morgan fingerprint density at radius 1 is 0.831 bits per heavy atom. The van der Waals surface area contributed by atoms with E-state index in [-0.39, 0.29) is 30.2 Å². The Balaban J connectivity index is 0.724. The number of ether oxygens (including phenoxy) is 1. The number of nitrogens with zero attached hydrogens (tertiary/aromatic N) is 5. The van der Waals surface area contributed by atoms with Crippen molar-refractivity contribution in [2.45, 2.75) is 62.7 Å². The first kappa shape index (κ1) is 38.8. The van der Waals surface area contributed by atoms with Crippen LogP contribution in [0.1, 0.15) is 84.2 Å². The van der Waals surface area contributed by atoms with Crippen molar-refractivity contribution in [2.24, 2.45) is 13.0 Å². The van der Waals surface area contributed by atoms with Gasteiger partial charge >= 0.3 is 0 Å². The zero-order valence-corrected chi connectivity index (χ0v) is 33.9. The maximum absolute atomic E-state index is 13.1. The standard InChI is InChI=1S/C48H54N6O5/c1-51-43-30-38(13-16-41(43)47(50-51)42-17-18-44(56)49-48(42)58)59-31-45(57)54-27-25-52(26-28-54)22-19-32-20-23-53(24-21-32)36-10-7-34(8-11-36)46-39(33-5-3-2-4-6-33)14-9-35-29-37(55)12-15-40(35)46/h2-8,10-13,15-16,29-30,32,39,42,46,55H,9,14,17-28,31H2,1H3,(H,49,56,58)/t39-,42?,46+/m1/s1. The van der Waals surface area contributed by atoms with E-state index in [2.05, 4.69) is 80.9 Å². The molecular formula is C48H54N6O5. The van der Waals surface area contributed by atoms with Crippen LogP contribution in [0.3, 0.4) is 0 Å². The molecule has 1 aliphatic carbocycles. The summed E-state index contributed by atoms with van der Waals surface area (Å²) in [6.45, 7) is 6.32. The second-order valence-corrected chi connectivity index (χ2v) is 16.9. The van der Waals surface area contributed by atoms with Crippen LogP contribution in [0.4, 0.5) is 5.69 Å². The highest BCUT2D eigenvalue weighted by Gasteiger charge is 2.34. The van der Waals surface area contributed by atoms with Gasteiger partial charge in [0.05, 0.1) is 17.1 Å². The van der Waals surface area contributed by atoms with Crippen molar-refractivity contribution in [3.8, 4) is 11.5 Å². The number of hydrogen-bond donors (Lipinski definition) is 2. The third-order valence-electron chi connectivity index (χ3n) is 13.4. The minimum absolute atomic E-state index is 0.0146. The van der Waals surface area contributed by atoms with Crippen LogP contribution >= 0.6 is 0 Å². The number of piperazine rings is 1. The first-order chi connectivity index (χ1) is 28.8. The van der Waals surface area contributed by atoms with E-state index in [1.165, 1.54) is 47.2 Å². The lowest BCUT2D eigenvalue weighted by molar-refractivity contribution is -0.135. The monoisotopic (exact) mass is 794 g/mol. The fraction of sp³-hybridized carbons (Fsp3) is 0.417. The van der Waals surface area contributed by atoms with Crippen LogP contribution in [0.15, 0.2) is 91.0 Å². The van der Waals surface area contributed by atoms with E-state index in [4.69, 9.17) is 4.74 Å². The molecule has 3 fully saturated rings. The molecule has 4 aromatic carbocycles. The minimum atomic E-state index is -0.467. The summed E-state index contributed by atoms with van der Waals surface area (Å²) in [6.07, 6.45) is 6.34. The zero-order valence-electron chi connectivity index (χ0n) is 33.9. The fourth-order valence-corrected chi connectivity index (χ4v) is 10.0. The van der Waals surface area contributed by atoms with Gasteiger partial charge in [-0.15, -0.1) is 0 Å². The Morgan fingerprint density at radius 3 is 2.37 bits per heavy atom. The van der Waals surface area contributed by atoms with Crippen molar-refractivity contribution in [3.63, 3.8) is 0 Å². The van der Waals surface area contributed by atoms with Gasteiger partial charge in [0.15, 0.2) is 6.61 Å². The number of amides is 3. The number of nitrogens with one attached hydrogen (secondary N) is 1. The minimum Gasteiger partial charge on any atom is -0.508 e. The van der Waals surface area contributed by atoms with Gasteiger partial charge in [-0.25, -0.2) is 0 Å². The highest BCUT2D eigenvalue weighted by molar-refractivity contribution is 6.02. The molecule has 11 nitrogen and oxygen atoms in total. The molecule has 1 unspecified atom stereocenters. The Hall–Kier alpha value is -5.68. The SMILES string of the molecule is Cn1nc(C2CCC(=O)NC2=O)c2ccc(OCC(=O)N3CCN(CCC4CCN(c5ccc([C@@H]6c7ccc(O)cc7CC[C@@H]6c6ccccc6)cc5)CC4)CC3)cc21. The molecule has 0 bridgehead atoms. The highest BCUT2D eigenvalue weighted by atomic mass is 16.5. The predicted octanol–water partition coefficient (Wildman–Crippen LogP) is 6.49. The van der Waals surface area contributed by atoms with E-state index < -0.39 is 5.92 Å². The molecule has 3 atom stereocenters. The highest BCUT2D eigenvalue weighted by Crippen LogP contribution is 2.47. The third-order valence-corrected chi connectivity index (χ3v) is 13.4. The molecule has 306 valence electrons. The summed E-state index contributed by atoms with van der Waals surface area (Å²) in [5, 5.41) is 18.1. The number of phenolic OH excluding ortho intramolecular Hbond substituents is 1. The number of fused-ring (bicyclic) bond motifs is 2. The number of hydrogen-bond acceptors (Lipinski definition) is 8. The molecule has 0 radical (unpaired) electrons. The summed E-state index contributed by atoms with van der Waals surface area (Å²) >= 11 is 0. The van der Waals surface area contributed by atoms with Gasteiger partial charge in [0.2, 0.25) is 11.8 Å². The van der Waals surface area contributed by atoms with Crippen LogP contribution in [-0.2, 0) is 27.9 Å². The normalized spacial score (nSPS) is 21.7. The number of piperidine rings is 2. The number of carbonyl (C=O) groups excluding carboxylic acids is 3. The number of rotatable bonds is 10. The van der Waals surface area contributed by atoms with Crippen LogP contribution in [0.25, 0.3) is 10.9 Å². The molecule has 3 aliphatic heterocycles. The molecule has 3 saturated heterocycles. The number of aromatic hydroxyl groups is 1. The fourth-order valence-electron chi connectivity index (χ4n) is 10.0. The van der Waals surface area contributed by atoms with E-state index in [1.54, 1.807) is 4.68 Å². The maximum Gasteiger partial charge on any atom is 0.260 e. The molecule has 4 aliphatic rings. The maximum atomic E-state index is 13.1. The molecule has 0 spiro atoms. The van der Waals surface area contributed by atoms with E-state index in [1.807, 2.05) is 42.3 Å². The van der Waals surface area contributed by atoms with Gasteiger partial charge in [-0.1, -0.05) is 48.5 Å². The van der Waals surface area contributed by atoms with Crippen LogP contribution in [0, 0.1) is 5.92 Å². The van der Waals surface area contributed by atoms with Gasteiger partial charge in [-0.05, 0) is 116 Å². The molecular weight excluding hydrogens is 741 g/mol. The van der Waals surface area contributed by atoms with Crippen molar-refractivity contribution in [1.82, 2.24) is 24.9 Å². The topological polar surface area (TPSA) is 120 Å². The summed E-state index contributed by atoms with van der Waals surface area (Å²) in [5.74, 6) is 1.25. The van der Waals surface area contributed by atoms with Crippen molar-refractivity contribution < 1.29 is 24.2 Å². The van der Waals surface area contributed by atoms with Crippen molar-refractivity contribution in [2.75, 3.05) is 57.3 Å². The van der Waals surface area contributed by atoms with Gasteiger partial charge in [-0.2, -0.15) is 5.10 Å². The molecule has 59 heavy (non-hydrogen) atoms. The second-order valence-electron chi connectivity index (χ2n) is 16.9. The third kappa shape index (κ3) is 8.30. The molecule has 2 N–H and O–H groups in total. The van der Waals surface area contributed by atoms with Crippen molar-refractivity contribution in [3.05, 3.63) is 119 Å². The van der Waals surface area contributed by atoms with Crippen LogP contribution in [0.5, 0.6) is 11.5 Å². The molecule has 1 aromatic heterocycles. The van der Waals surface area contributed by atoms with Gasteiger partial charge in [0.25, 0.3) is 5.91 Å². The van der Waals surface area contributed by atoms with E-state index in [0.717, 1.165) is 56.5 Å². The number of benzene rings is 4. The molecule has 11 heteroatoms. The Kier molecular flexibility index (Phi) is 11.1. The van der Waals surface area contributed by atoms with Crippen LogP contribution in [0.2, 0.25) is 0 Å². The quantitative estimate of drug-likeness (QED) is 0.154. The van der Waals surface area contributed by atoms with Gasteiger partial charge in [-0.3, -0.25) is 29.3 Å². The van der Waals surface area contributed by atoms with Crippen molar-refractivity contribution in [1.29, 1.82) is 0 Å². The predicted molar refractivity (Wildman–Crippen MR) is 228 cm³/mol. The van der Waals surface area contributed by atoms with Gasteiger partial charge in [0.1, 0.15) is 11.5 Å². The van der Waals surface area contributed by atoms with E-state index in [0.29, 0.717) is 55.0 Å². The van der Waals surface area contributed by atoms with Gasteiger partial charge < -0.3 is 19.6 Å². The summed E-state index contributed by atoms with van der Waals surface area (Å²) in [7, 11) is 1.82. The average Bonchev–Trinajstić information content (AvgIpc) is 3.59. The smallest absolute Gasteiger partial charge is 0.260 e. The lowest BCUT2D eigenvalue weighted by atomic mass is 9.69. The Bertz CT molecular complexity index is 2310. The summed E-state index contributed by atoms with van der Waals surface area (Å²) < 4.78 is 7.68. The number of aromatic nitrogens is 2. The molecule has 4 heterocycles. The first-order valence-corrected chi connectivity index (χ1v) is 21.4. The number of imide groups is 1. The first-order valence-electron chi connectivity index (χ1n) is 21.4. The molecule has 5 aromatic rings. The number of carbonyl (C=O) groups is 3. The molecule has 9 rings (SSSR count). The number of phenols is 1. The lowest BCUT2D eigenvalue weighted by Crippen LogP contribution is -2.50. The second kappa shape index (κ2) is 16.9. The molecule has 0 saturated carbocycles. The Morgan fingerprint density at radius 2 is 1.61 bits per heavy atom. The summed E-state index contributed by atoms with van der Waals surface area (Å²) in [5.41, 5.74) is 8.07. The zero-order chi connectivity index (χ0) is 40.5. The van der Waals surface area contributed by atoms with Crippen molar-refractivity contribution >= 4 is 34.3 Å². The summed E-state index contributed by atoms with van der Waals surface area (Å²) in [4.78, 5) is 44.2. The van der Waals surface area contributed by atoms with Gasteiger partial charge in [0, 0.05) is 75.8 Å². The number of aryl methyl sites for hydroxylation is 2. The summed E-state index contributed by atoms with van der Waals surface area (Å²) in [6, 6.07) is 31.7. The van der Waals surface area contributed by atoms with E-state index >= 15 is 0 Å². The lowest BCUT2D eigenvalue weighted by Gasteiger charge is -2.37. The largest absolute Gasteiger partial charge is 0.508 e. The average molecular weight is 795 g/mol. The van der Waals surface area contributed by atoms with Crippen LogP contribution < -0.4 is 15.0 Å². The van der Waals surface area contributed by atoms with Crippen LogP contribution in [-0.4, -0.2) is 94.8 Å². The molecule has 3 amide bonds. The Labute approximate surface area is 345 Å².